The Hall–Kier alpha value is -3.25. The van der Waals surface area contributed by atoms with Crippen molar-refractivity contribution in [3.05, 3.63) is 65.9 Å². The zero-order chi connectivity index (χ0) is 20.6. The first-order valence-electron chi connectivity index (χ1n) is 9.56. The first-order valence-corrected chi connectivity index (χ1v) is 9.56. The van der Waals surface area contributed by atoms with Gasteiger partial charge in [0.1, 0.15) is 29.6 Å². The molecule has 1 heterocycles. The van der Waals surface area contributed by atoms with Crippen molar-refractivity contribution in [1.29, 1.82) is 0 Å². The van der Waals surface area contributed by atoms with Gasteiger partial charge in [-0.2, -0.15) is 0 Å². The highest BCUT2D eigenvalue weighted by Gasteiger charge is 2.13. The Morgan fingerprint density at radius 2 is 2.00 bits per heavy atom. The molecule has 6 nitrogen and oxygen atoms in total. The van der Waals surface area contributed by atoms with Gasteiger partial charge >= 0.3 is 0 Å². The lowest BCUT2D eigenvalue weighted by molar-refractivity contribution is 0.102. The maximum atomic E-state index is 12.8. The fraction of sp³-hybridized carbons (Fsp3) is 0.261. The highest BCUT2D eigenvalue weighted by Crippen LogP contribution is 2.32. The normalized spacial score (nSPS) is 10.6. The molecule has 0 radical (unpaired) electrons. The summed E-state index contributed by atoms with van der Waals surface area (Å²) in [6.07, 6.45) is 2.01. The summed E-state index contributed by atoms with van der Waals surface area (Å²) in [6.45, 7) is 2.55. The van der Waals surface area contributed by atoms with Crippen molar-refractivity contribution in [2.75, 3.05) is 19.0 Å². The summed E-state index contributed by atoms with van der Waals surface area (Å²) < 4.78 is 16.6. The van der Waals surface area contributed by atoms with E-state index < -0.39 is 0 Å². The number of unbranched alkanes of at least 4 members (excludes halogenated alkanes) is 1. The van der Waals surface area contributed by atoms with Crippen LogP contribution in [0.2, 0.25) is 0 Å². The van der Waals surface area contributed by atoms with Crippen LogP contribution in [0.25, 0.3) is 11.3 Å². The Morgan fingerprint density at radius 1 is 1.14 bits per heavy atom. The number of ether oxygens (including phenoxy) is 2. The molecule has 6 heteroatoms. The summed E-state index contributed by atoms with van der Waals surface area (Å²) in [4.78, 5) is 12.8. The Bertz CT molecular complexity index is 963. The van der Waals surface area contributed by atoms with Crippen LogP contribution in [0.5, 0.6) is 11.5 Å². The molecule has 0 spiro atoms. The number of methoxy groups -OCH3 is 1. The largest absolute Gasteiger partial charge is 0.495 e. The highest BCUT2D eigenvalue weighted by atomic mass is 16.5. The zero-order valence-electron chi connectivity index (χ0n) is 16.6. The number of carbonyl (C=O) groups is 1. The van der Waals surface area contributed by atoms with Gasteiger partial charge < -0.3 is 24.3 Å². The van der Waals surface area contributed by atoms with Gasteiger partial charge in [-0.1, -0.05) is 19.4 Å². The van der Waals surface area contributed by atoms with Crippen molar-refractivity contribution in [3.63, 3.8) is 0 Å². The molecule has 3 rings (SSSR count). The van der Waals surface area contributed by atoms with E-state index >= 15 is 0 Å². The third-order valence-corrected chi connectivity index (χ3v) is 4.41. The van der Waals surface area contributed by atoms with Crippen LogP contribution in [0.4, 0.5) is 5.69 Å². The molecule has 0 bridgehead atoms. The summed E-state index contributed by atoms with van der Waals surface area (Å²) in [7, 11) is 1.55. The molecule has 1 amide bonds. The maximum absolute atomic E-state index is 12.8. The van der Waals surface area contributed by atoms with Crippen LogP contribution in [0, 0.1) is 0 Å². The van der Waals surface area contributed by atoms with Crippen LogP contribution in [0.15, 0.2) is 59.0 Å². The number of rotatable bonds is 9. The predicted octanol–water partition coefficient (Wildman–Crippen LogP) is 4.88. The SMILES string of the molecule is CCCCOc1cccc(C(=O)Nc2cc(-c3ccc(CO)o3)ccc2OC)c1. The van der Waals surface area contributed by atoms with Gasteiger partial charge in [0.15, 0.2) is 0 Å². The van der Waals surface area contributed by atoms with Crippen LogP contribution >= 0.6 is 0 Å². The second-order valence-electron chi connectivity index (χ2n) is 6.52. The molecule has 0 fully saturated rings. The fourth-order valence-corrected chi connectivity index (χ4v) is 2.83. The van der Waals surface area contributed by atoms with E-state index in [1.54, 1.807) is 49.6 Å². The van der Waals surface area contributed by atoms with Crippen molar-refractivity contribution < 1.29 is 23.8 Å². The van der Waals surface area contributed by atoms with E-state index in [0.717, 1.165) is 18.4 Å². The first kappa shape index (κ1) is 20.5. The van der Waals surface area contributed by atoms with Crippen LogP contribution < -0.4 is 14.8 Å². The summed E-state index contributed by atoms with van der Waals surface area (Å²) >= 11 is 0. The van der Waals surface area contributed by atoms with Gasteiger partial charge in [0, 0.05) is 11.1 Å². The number of amides is 1. The van der Waals surface area contributed by atoms with Gasteiger partial charge in [-0.25, -0.2) is 0 Å². The lowest BCUT2D eigenvalue weighted by atomic mass is 10.1. The number of benzene rings is 2. The molecule has 0 unspecified atom stereocenters. The zero-order valence-corrected chi connectivity index (χ0v) is 16.6. The number of aliphatic hydroxyl groups is 1. The Morgan fingerprint density at radius 3 is 2.72 bits per heavy atom. The van der Waals surface area contributed by atoms with Crippen LogP contribution in [-0.4, -0.2) is 24.7 Å². The number of hydrogen-bond acceptors (Lipinski definition) is 5. The molecule has 2 N–H and O–H groups in total. The molecule has 0 atom stereocenters. The molecule has 2 aromatic carbocycles. The fourth-order valence-electron chi connectivity index (χ4n) is 2.83. The lowest BCUT2D eigenvalue weighted by Gasteiger charge is -2.12. The van der Waals surface area contributed by atoms with E-state index in [9.17, 15) is 9.90 Å². The number of furan rings is 1. The van der Waals surface area contributed by atoms with Crippen LogP contribution in [-0.2, 0) is 6.61 Å². The smallest absolute Gasteiger partial charge is 0.255 e. The Balaban J connectivity index is 1.80. The van der Waals surface area contributed by atoms with Crippen molar-refractivity contribution in [2.24, 2.45) is 0 Å². The van der Waals surface area contributed by atoms with Crippen molar-refractivity contribution in [1.82, 2.24) is 0 Å². The molecule has 3 aromatic rings. The number of hydrogen-bond donors (Lipinski definition) is 2. The first-order chi connectivity index (χ1) is 14.1. The molecule has 29 heavy (non-hydrogen) atoms. The molecular formula is C23H25NO5. The van der Waals surface area contributed by atoms with Gasteiger partial charge in [-0.3, -0.25) is 4.79 Å². The molecule has 0 aliphatic heterocycles. The number of nitrogens with one attached hydrogen (secondary N) is 1. The van der Waals surface area contributed by atoms with Gasteiger partial charge in [0.2, 0.25) is 0 Å². The maximum Gasteiger partial charge on any atom is 0.255 e. The predicted molar refractivity (Wildman–Crippen MR) is 111 cm³/mol. The van der Waals surface area contributed by atoms with Gasteiger partial charge in [0.25, 0.3) is 5.91 Å². The van der Waals surface area contributed by atoms with E-state index in [0.29, 0.717) is 40.9 Å². The van der Waals surface area contributed by atoms with Crippen LogP contribution in [0.3, 0.4) is 0 Å². The summed E-state index contributed by atoms with van der Waals surface area (Å²) in [5.74, 6) is 2.00. The summed E-state index contributed by atoms with van der Waals surface area (Å²) in [6, 6.07) is 15.9. The molecule has 1 aromatic heterocycles. The minimum absolute atomic E-state index is 0.170. The van der Waals surface area contributed by atoms with E-state index in [-0.39, 0.29) is 12.5 Å². The summed E-state index contributed by atoms with van der Waals surface area (Å²) in [5, 5.41) is 12.1. The average molecular weight is 395 g/mol. The molecule has 0 aliphatic rings. The lowest BCUT2D eigenvalue weighted by Crippen LogP contribution is -2.13. The topological polar surface area (TPSA) is 80.9 Å². The molecule has 0 aliphatic carbocycles. The second kappa shape index (κ2) is 9.80. The van der Waals surface area contributed by atoms with E-state index in [1.165, 1.54) is 0 Å². The van der Waals surface area contributed by atoms with E-state index in [2.05, 4.69) is 12.2 Å². The number of anilines is 1. The minimum atomic E-state index is -0.267. The standard InChI is InChI=1S/C23H25NO5/c1-3-4-12-28-18-7-5-6-17(13-18)23(26)24-20-14-16(8-10-22(20)27-2)21-11-9-19(15-25)29-21/h5-11,13-14,25H,3-4,12,15H2,1-2H3,(H,24,26). The van der Waals surface area contributed by atoms with Gasteiger partial charge in [-0.15, -0.1) is 0 Å². The van der Waals surface area contributed by atoms with E-state index in [4.69, 9.17) is 13.9 Å². The molecule has 0 saturated carbocycles. The third kappa shape index (κ3) is 5.18. The van der Waals surface area contributed by atoms with Crippen molar-refractivity contribution in [3.8, 4) is 22.8 Å². The van der Waals surface area contributed by atoms with Crippen molar-refractivity contribution in [2.45, 2.75) is 26.4 Å². The molecular weight excluding hydrogens is 370 g/mol. The molecule has 152 valence electrons. The van der Waals surface area contributed by atoms with E-state index in [1.807, 2.05) is 12.1 Å². The number of carbonyl (C=O) groups excluding carboxylic acids is 1. The molecule has 0 saturated heterocycles. The number of aliphatic hydroxyl groups excluding tert-OH is 1. The highest BCUT2D eigenvalue weighted by molar-refractivity contribution is 6.05. The quantitative estimate of drug-likeness (QED) is 0.505. The minimum Gasteiger partial charge on any atom is -0.495 e. The van der Waals surface area contributed by atoms with Crippen LogP contribution in [0.1, 0.15) is 35.9 Å². The Kier molecular flexibility index (Phi) is 6.92. The average Bonchev–Trinajstić information content (AvgIpc) is 3.23. The monoisotopic (exact) mass is 395 g/mol. The Labute approximate surface area is 170 Å². The van der Waals surface area contributed by atoms with Gasteiger partial charge in [-0.05, 0) is 55.0 Å². The van der Waals surface area contributed by atoms with Gasteiger partial charge in [0.05, 0.1) is 19.4 Å². The second-order valence-corrected chi connectivity index (χ2v) is 6.52. The third-order valence-electron chi connectivity index (χ3n) is 4.41. The van der Waals surface area contributed by atoms with Crippen molar-refractivity contribution >= 4 is 11.6 Å². The summed E-state index contributed by atoms with van der Waals surface area (Å²) in [5.41, 5.74) is 1.78.